The van der Waals surface area contributed by atoms with Gasteiger partial charge in [-0.15, -0.1) is 0 Å². The molecule has 4 heteroatoms. The van der Waals surface area contributed by atoms with Gasteiger partial charge in [-0.1, -0.05) is 0 Å². The second kappa shape index (κ2) is 4.67. The highest BCUT2D eigenvalue weighted by molar-refractivity contribution is 6.04. The van der Waals surface area contributed by atoms with Crippen LogP contribution in [0, 0.1) is 5.41 Å². The van der Waals surface area contributed by atoms with Crippen LogP contribution in [0.4, 0.5) is 0 Å². The first kappa shape index (κ1) is 15.9. The molecule has 0 saturated heterocycles. The third kappa shape index (κ3) is 5.71. The second-order valence-electron chi connectivity index (χ2n) is 7.03. The van der Waals surface area contributed by atoms with Crippen LogP contribution in [0.25, 0.3) is 0 Å². The molecule has 0 bridgehead atoms. The molecule has 2 amide bonds. The third-order valence-electron chi connectivity index (χ3n) is 2.11. The number of nitrogens with one attached hydrogen (secondary N) is 2. The van der Waals surface area contributed by atoms with E-state index in [2.05, 4.69) is 10.6 Å². The molecule has 0 atom stereocenters. The number of hydrogen-bond donors (Lipinski definition) is 2. The topological polar surface area (TPSA) is 58.2 Å². The first-order chi connectivity index (χ1) is 7.26. The highest BCUT2D eigenvalue weighted by atomic mass is 16.2. The maximum absolute atomic E-state index is 12.0. The van der Waals surface area contributed by atoms with Crippen LogP contribution in [0.1, 0.15) is 55.4 Å². The van der Waals surface area contributed by atoms with Gasteiger partial charge in [-0.2, -0.15) is 0 Å². The molecule has 17 heavy (non-hydrogen) atoms. The number of hydrogen-bond acceptors (Lipinski definition) is 2. The van der Waals surface area contributed by atoms with Crippen molar-refractivity contribution < 1.29 is 9.59 Å². The third-order valence-corrected chi connectivity index (χ3v) is 2.11. The summed E-state index contributed by atoms with van der Waals surface area (Å²) in [5, 5.41) is 5.65. The van der Waals surface area contributed by atoms with Gasteiger partial charge in [0.15, 0.2) is 0 Å². The van der Waals surface area contributed by atoms with Crippen LogP contribution >= 0.6 is 0 Å². The molecule has 0 aromatic carbocycles. The Balaban J connectivity index is 4.78. The minimum absolute atomic E-state index is 0.258. The molecule has 0 aliphatic rings. The fourth-order valence-electron chi connectivity index (χ4n) is 1.10. The van der Waals surface area contributed by atoms with Crippen LogP contribution in [0.15, 0.2) is 0 Å². The first-order valence-corrected chi connectivity index (χ1v) is 5.91. The van der Waals surface area contributed by atoms with E-state index in [0.717, 1.165) is 0 Å². The summed E-state index contributed by atoms with van der Waals surface area (Å²) in [6, 6.07) is 0. The van der Waals surface area contributed by atoms with Crippen molar-refractivity contribution in [3.8, 4) is 0 Å². The van der Waals surface area contributed by atoms with E-state index < -0.39 is 5.41 Å². The molecule has 0 radical (unpaired) electrons. The summed E-state index contributed by atoms with van der Waals surface area (Å²) in [5.74, 6) is -0.515. The fraction of sp³-hybridized carbons (Fsp3) is 0.846. The van der Waals surface area contributed by atoms with Crippen molar-refractivity contribution in [1.29, 1.82) is 0 Å². The molecule has 0 rings (SSSR count). The van der Waals surface area contributed by atoms with Crippen molar-refractivity contribution in [1.82, 2.24) is 10.6 Å². The Morgan fingerprint density at radius 3 is 1.06 bits per heavy atom. The molecule has 0 saturated carbocycles. The first-order valence-electron chi connectivity index (χ1n) is 5.91. The smallest absolute Gasteiger partial charge is 0.235 e. The van der Waals surface area contributed by atoms with Gasteiger partial charge in [-0.25, -0.2) is 0 Å². The molecule has 0 spiro atoms. The van der Waals surface area contributed by atoms with E-state index in [9.17, 15) is 9.59 Å². The Hall–Kier alpha value is -1.06. The van der Waals surface area contributed by atoms with Crippen molar-refractivity contribution in [2.24, 2.45) is 5.41 Å². The van der Waals surface area contributed by atoms with E-state index in [1.165, 1.54) is 0 Å². The maximum atomic E-state index is 12.0. The minimum atomic E-state index is -1.07. The lowest BCUT2D eigenvalue weighted by Crippen LogP contribution is -2.55. The van der Waals surface area contributed by atoms with Crippen molar-refractivity contribution in [3.05, 3.63) is 0 Å². The highest BCUT2D eigenvalue weighted by Gasteiger charge is 2.38. The molecular formula is C13H26N2O2. The lowest BCUT2D eigenvalue weighted by Gasteiger charge is -2.31. The Labute approximate surface area is 105 Å². The molecular weight excluding hydrogens is 216 g/mol. The zero-order chi connectivity index (χ0) is 14.1. The summed E-state index contributed by atoms with van der Waals surface area (Å²) in [6.07, 6.45) is 0. The number of carbonyl (C=O) groups excluding carboxylic acids is 2. The quantitative estimate of drug-likeness (QED) is 0.726. The van der Waals surface area contributed by atoms with Crippen LogP contribution in [-0.4, -0.2) is 22.9 Å². The average molecular weight is 242 g/mol. The summed E-state index contributed by atoms with van der Waals surface area (Å²) in [5.41, 5.74) is -1.74. The summed E-state index contributed by atoms with van der Waals surface area (Å²) in [6.45, 7) is 14.6. The van der Waals surface area contributed by atoms with E-state index in [4.69, 9.17) is 0 Å². The van der Waals surface area contributed by atoms with Gasteiger partial charge in [0.25, 0.3) is 0 Å². The Morgan fingerprint density at radius 2 is 0.882 bits per heavy atom. The molecule has 0 aliphatic heterocycles. The van der Waals surface area contributed by atoms with Crippen LogP contribution in [-0.2, 0) is 9.59 Å². The largest absolute Gasteiger partial charge is 0.351 e. The SMILES string of the molecule is CC(C)(C)NC(=O)C(C)(C)C(=O)NC(C)(C)C. The van der Waals surface area contributed by atoms with Gasteiger partial charge >= 0.3 is 0 Å². The molecule has 0 aliphatic carbocycles. The lowest BCUT2D eigenvalue weighted by atomic mass is 9.88. The molecule has 0 fully saturated rings. The number of carbonyl (C=O) groups is 2. The summed E-state index contributed by atoms with van der Waals surface area (Å²) >= 11 is 0. The predicted octanol–water partition coefficient (Wildman–Crippen LogP) is 1.84. The van der Waals surface area contributed by atoms with E-state index in [-0.39, 0.29) is 22.9 Å². The van der Waals surface area contributed by atoms with Gasteiger partial charge in [0, 0.05) is 11.1 Å². The van der Waals surface area contributed by atoms with Crippen LogP contribution in [0.5, 0.6) is 0 Å². The van der Waals surface area contributed by atoms with Crippen molar-refractivity contribution in [3.63, 3.8) is 0 Å². The van der Waals surface area contributed by atoms with Crippen LogP contribution in [0.2, 0.25) is 0 Å². The van der Waals surface area contributed by atoms with Gasteiger partial charge in [0.1, 0.15) is 5.41 Å². The molecule has 0 unspecified atom stereocenters. The van der Waals surface area contributed by atoms with E-state index in [1.54, 1.807) is 13.8 Å². The normalized spacial score (nSPS) is 13.2. The van der Waals surface area contributed by atoms with Gasteiger partial charge < -0.3 is 10.6 Å². The molecule has 2 N–H and O–H groups in total. The van der Waals surface area contributed by atoms with E-state index in [0.29, 0.717) is 0 Å². The summed E-state index contributed by atoms with van der Waals surface area (Å²) < 4.78 is 0. The number of rotatable bonds is 2. The Kier molecular flexibility index (Phi) is 4.38. The molecule has 100 valence electrons. The lowest BCUT2D eigenvalue weighted by molar-refractivity contribution is -0.143. The van der Waals surface area contributed by atoms with Gasteiger partial charge in [0.2, 0.25) is 11.8 Å². The zero-order valence-electron chi connectivity index (χ0n) is 12.3. The van der Waals surface area contributed by atoms with Crippen LogP contribution in [0.3, 0.4) is 0 Å². The zero-order valence-corrected chi connectivity index (χ0v) is 12.3. The second-order valence-corrected chi connectivity index (χ2v) is 7.03. The Morgan fingerprint density at radius 1 is 0.647 bits per heavy atom. The average Bonchev–Trinajstić information content (AvgIpc) is 1.96. The monoisotopic (exact) mass is 242 g/mol. The molecule has 4 nitrogen and oxygen atoms in total. The van der Waals surface area contributed by atoms with Crippen molar-refractivity contribution >= 4 is 11.8 Å². The summed E-state index contributed by atoms with van der Waals surface area (Å²) in [7, 11) is 0. The van der Waals surface area contributed by atoms with E-state index in [1.807, 2.05) is 41.5 Å². The Bertz CT molecular complexity index is 276. The molecule has 0 aromatic rings. The van der Waals surface area contributed by atoms with E-state index >= 15 is 0 Å². The van der Waals surface area contributed by atoms with Crippen molar-refractivity contribution in [2.45, 2.75) is 66.5 Å². The predicted molar refractivity (Wildman–Crippen MR) is 69.6 cm³/mol. The maximum Gasteiger partial charge on any atom is 0.235 e. The molecule has 0 aromatic heterocycles. The highest BCUT2D eigenvalue weighted by Crippen LogP contribution is 2.19. The standard InChI is InChI=1S/C13H26N2O2/c1-11(2,3)14-9(16)13(7,8)10(17)15-12(4,5)6/h1-8H3,(H,14,16)(H,15,17). The summed E-state index contributed by atoms with van der Waals surface area (Å²) in [4.78, 5) is 24.1. The molecule has 0 heterocycles. The van der Waals surface area contributed by atoms with Crippen LogP contribution < -0.4 is 10.6 Å². The fourth-order valence-corrected chi connectivity index (χ4v) is 1.10. The number of amides is 2. The van der Waals surface area contributed by atoms with Crippen molar-refractivity contribution in [2.75, 3.05) is 0 Å². The van der Waals surface area contributed by atoms with Gasteiger partial charge in [0.05, 0.1) is 0 Å². The van der Waals surface area contributed by atoms with Gasteiger partial charge in [-0.05, 0) is 55.4 Å². The van der Waals surface area contributed by atoms with Gasteiger partial charge in [-0.3, -0.25) is 9.59 Å². The minimum Gasteiger partial charge on any atom is -0.351 e.